The standard InChI is InChI=1S/C24H24N6O2/c1-16-17(2)30(15-25-16)22-12-13-23(28-27-22)32-21-10-8-19(9-11-21)26-24(31)18-6-5-7-20(14-18)29(3)4/h5-15H,1-4H3,(H,26,31). The average molecular weight is 428 g/mol. The molecule has 1 amide bonds. The molecule has 4 rings (SSSR count). The number of benzene rings is 2. The van der Waals surface area contributed by atoms with Crippen LogP contribution in [0.1, 0.15) is 21.7 Å². The maximum Gasteiger partial charge on any atom is 0.255 e. The lowest BCUT2D eigenvalue weighted by Gasteiger charge is -2.13. The van der Waals surface area contributed by atoms with Crippen molar-refractivity contribution in [2.45, 2.75) is 13.8 Å². The van der Waals surface area contributed by atoms with E-state index in [9.17, 15) is 4.79 Å². The molecule has 32 heavy (non-hydrogen) atoms. The first-order valence-electron chi connectivity index (χ1n) is 10.1. The van der Waals surface area contributed by atoms with Gasteiger partial charge in [-0.1, -0.05) is 6.07 Å². The van der Waals surface area contributed by atoms with E-state index in [1.807, 2.05) is 61.7 Å². The molecule has 2 aromatic heterocycles. The molecule has 0 unspecified atom stereocenters. The number of carbonyl (C=O) groups excluding carboxylic acids is 1. The van der Waals surface area contributed by atoms with Gasteiger partial charge in [-0.2, -0.15) is 0 Å². The Labute approximate surface area is 186 Å². The molecular formula is C24H24N6O2. The summed E-state index contributed by atoms with van der Waals surface area (Å²) in [4.78, 5) is 18.8. The molecule has 0 radical (unpaired) electrons. The number of nitrogens with one attached hydrogen (secondary N) is 1. The van der Waals surface area contributed by atoms with Crippen LogP contribution in [0.15, 0.2) is 67.0 Å². The van der Waals surface area contributed by atoms with Crippen LogP contribution in [0.5, 0.6) is 11.6 Å². The van der Waals surface area contributed by atoms with Crippen molar-refractivity contribution in [3.8, 4) is 17.4 Å². The molecule has 0 saturated heterocycles. The Kier molecular flexibility index (Phi) is 5.85. The summed E-state index contributed by atoms with van der Waals surface area (Å²) in [6.07, 6.45) is 1.72. The van der Waals surface area contributed by atoms with Crippen LogP contribution in [-0.2, 0) is 0 Å². The van der Waals surface area contributed by atoms with Crippen LogP contribution < -0.4 is 15.0 Å². The summed E-state index contributed by atoms with van der Waals surface area (Å²) >= 11 is 0. The molecule has 2 heterocycles. The number of rotatable bonds is 6. The summed E-state index contributed by atoms with van der Waals surface area (Å²) in [7, 11) is 3.88. The lowest BCUT2D eigenvalue weighted by atomic mass is 10.1. The maximum absolute atomic E-state index is 12.6. The predicted octanol–water partition coefficient (Wildman–Crippen LogP) is 4.39. The van der Waals surface area contributed by atoms with Gasteiger partial charge in [0.1, 0.15) is 12.1 Å². The third-order valence-electron chi connectivity index (χ3n) is 5.08. The van der Waals surface area contributed by atoms with E-state index >= 15 is 0 Å². The fourth-order valence-corrected chi connectivity index (χ4v) is 3.08. The molecule has 0 saturated carbocycles. The zero-order chi connectivity index (χ0) is 22.7. The fraction of sp³-hybridized carbons (Fsp3) is 0.167. The van der Waals surface area contributed by atoms with Crippen LogP contribution >= 0.6 is 0 Å². The monoisotopic (exact) mass is 428 g/mol. The highest BCUT2D eigenvalue weighted by atomic mass is 16.5. The molecule has 4 aromatic rings. The second kappa shape index (κ2) is 8.89. The van der Waals surface area contributed by atoms with Crippen molar-refractivity contribution in [3.05, 3.63) is 83.9 Å². The topological polar surface area (TPSA) is 85.2 Å². The predicted molar refractivity (Wildman–Crippen MR) is 124 cm³/mol. The van der Waals surface area contributed by atoms with E-state index in [2.05, 4.69) is 20.5 Å². The minimum absolute atomic E-state index is 0.172. The van der Waals surface area contributed by atoms with Crippen molar-refractivity contribution < 1.29 is 9.53 Å². The van der Waals surface area contributed by atoms with E-state index < -0.39 is 0 Å². The van der Waals surface area contributed by atoms with E-state index in [1.165, 1.54) is 0 Å². The van der Waals surface area contributed by atoms with Crippen molar-refractivity contribution >= 4 is 17.3 Å². The molecule has 0 aliphatic rings. The van der Waals surface area contributed by atoms with Gasteiger partial charge in [0, 0.05) is 42.8 Å². The number of anilines is 2. The number of aromatic nitrogens is 4. The SMILES string of the molecule is Cc1ncn(-c2ccc(Oc3ccc(NC(=O)c4cccc(N(C)C)c4)cc3)nn2)c1C. The Morgan fingerprint density at radius 3 is 2.41 bits per heavy atom. The molecule has 0 bridgehead atoms. The third kappa shape index (κ3) is 4.59. The normalized spacial score (nSPS) is 10.6. The van der Waals surface area contributed by atoms with Crippen LogP contribution in [0.2, 0.25) is 0 Å². The van der Waals surface area contributed by atoms with Crippen LogP contribution in [0.25, 0.3) is 5.82 Å². The quantitative estimate of drug-likeness (QED) is 0.490. The number of nitrogens with zero attached hydrogens (tertiary/aromatic N) is 5. The molecular weight excluding hydrogens is 404 g/mol. The molecule has 0 fully saturated rings. The van der Waals surface area contributed by atoms with E-state index in [1.54, 1.807) is 42.7 Å². The Bertz CT molecular complexity index is 1230. The summed E-state index contributed by atoms with van der Waals surface area (Å²) in [5.74, 6) is 1.47. The van der Waals surface area contributed by atoms with Crippen molar-refractivity contribution in [1.82, 2.24) is 19.7 Å². The van der Waals surface area contributed by atoms with Gasteiger partial charge < -0.3 is 15.0 Å². The van der Waals surface area contributed by atoms with Crippen LogP contribution in [-0.4, -0.2) is 39.8 Å². The molecule has 0 aliphatic heterocycles. The highest BCUT2D eigenvalue weighted by Gasteiger charge is 2.09. The molecule has 8 heteroatoms. The summed E-state index contributed by atoms with van der Waals surface area (Å²) in [6, 6.07) is 18.1. The number of ether oxygens (including phenoxy) is 1. The highest BCUT2D eigenvalue weighted by molar-refractivity contribution is 6.04. The van der Waals surface area contributed by atoms with E-state index in [0.29, 0.717) is 28.7 Å². The zero-order valence-electron chi connectivity index (χ0n) is 18.4. The second-order valence-electron chi connectivity index (χ2n) is 7.54. The van der Waals surface area contributed by atoms with E-state index in [0.717, 1.165) is 17.1 Å². The van der Waals surface area contributed by atoms with Gasteiger partial charge in [0.2, 0.25) is 5.88 Å². The Balaban J connectivity index is 1.40. The largest absolute Gasteiger partial charge is 0.438 e. The average Bonchev–Trinajstić information content (AvgIpc) is 3.14. The van der Waals surface area contributed by atoms with Crippen molar-refractivity contribution in [1.29, 1.82) is 0 Å². The minimum atomic E-state index is -0.172. The van der Waals surface area contributed by atoms with Gasteiger partial charge in [-0.15, -0.1) is 10.2 Å². The van der Waals surface area contributed by atoms with Crippen molar-refractivity contribution in [2.24, 2.45) is 0 Å². The van der Waals surface area contributed by atoms with Gasteiger partial charge in [-0.05, 0) is 62.4 Å². The molecule has 0 spiro atoms. The number of carbonyl (C=O) groups is 1. The van der Waals surface area contributed by atoms with Gasteiger partial charge in [0.15, 0.2) is 5.82 Å². The smallest absolute Gasteiger partial charge is 0.255 e. The lowest BCUT2D eigenvalue weighted by Crippen LogP contribution is -2.14. The van der Waals surface area contributed by atoms with Gasteiger partial charge in [-0.25, -0.2) is 4.98 Å². The zero-order valence-corrected chi connectivity index (χ0v) is 18.4. The van der Waals surface area contributed by atoms with E-state index in [4.69, 9.17) is 4.74 Å². The number of hydrogen-bond acceptors (Lipinski definition) is 6. The molecule has 0 atom stereocenters. The molecule has 162 valence electrons. The maximum atomic E-state index is 12.6. The number of amides is 1. The Hall–Kier alpha value is -4.20. The minimum Gasteiger partial charge on any atom is -0.438 e. The fourth-order valence-electron chi connectivity index (χ4n) is 3.08. The first kappa shape index (κ1) is 21.0. The summed E-state index contributed by atoms with van der Waals surface area (Å²) < 4.78 is 7.65. The molecule has 8 nitrogen and oxygen atoms in total. The first-order chi connectivity index (χ1) is 15.4. The Morgan fingerprint density at radius 2 is 1.78 bits per heavy atom. The van der Waals surface area contributed by atoms with Gasteiger partial charge >= 0.3 is 0 Å². The van der Waals surface area contributed by atoms with Gasteiger partial charge in [0.25, 0.3) is 5.91 Å². The van der Waals surface area contributed by atoms with Gasteiger partial charge in [-0.3, -0.25) is 9.36 Å². The van der Waals surface area contributed by atoms with Crippen molar-refractivity contribution in [2.75, 3.05) is 24.3 Å². The molecule has 2 aromatic carbocycles. The second-order valence-corrected chi connectivity index (χ2v) is 7.54. The summed E-state index contributed by atoms with van der Waals surface area (Å²) in [5.41, 5.74) is 4.19. The van der Waals surface area contributed by atoms with Crippen LogP contribution in [0.4, 0.5) is 11.4 Å². The number of aryl methyl sites for hydroxylation is 1. The molecule has 1 N–H and O–H groups in total. The number of hydrogen-bond donors (Lipinski definition) is 1. The molecule has 0 aliphatic carbocycles. The van der Waals surface area contributed by atoms with E-state index in [-0.39, 0.29) is 5.91 Å². The highest BCUT2D eigenvalue weighted by Crippen LogP contribution is 2.23. The number of imidazole rings is 1. The summed E-state index contributed by atoms with van der Waals surface area (Å²) in [5, 5.41) is 11.3. The van der Waals surface area contributed by atoms with Gasteiger partial charge in [0.05, 0.1) is 5.69 Å². The Morgan fingerprint density at radius 1 is 1.00 bits per heavy atom. The third-order valence-corrected chi connectivity index (χ3v) is 5.08. The van der Waals surface area contributed by atoms with Crippen LogP contribution in [0, 0.1) is 13.8 Å². The summed E-state index contributed by atoms with van der Waals surface area (Å²) in [6.45, 7) is 3.93. The van der Waals surface area contributed by atoms with Crippen LogP contribution in [0.3, 0.4) is 0 Å². The van der Waals surface area contributed by atoms with Crippen molar-refractivity contribution in [3.63, 3.8) is 0 Å². The first-order valence-corrected chi connectivity index (χ1v) is 10.1. The lowest BCUT2D eigenvalue weighted by molar-refractivity contribution is 0.102.